The SMILES string of the molecule is C/C=C(\C=C/[Si]C)CN1CCC(C(=O)N2CCC(n3c(=O)n(CC(C)C)c4cc(F)ccc43)CC2)CC1. The van der Waals surface area contributed by atoms with Gasteiger partial charge in [0.15, 0.2) is 0 Å². The first-order valence-electron chi connectivity index (χ1n) is 13.7. The van der Waals surface area contributed by atoms with Crippen molar-refractivity contribution < 1.29 is 9.18 Å². The van der Waals surface area contributed by atoms with Gasteiger partial charge in [0, 0.05) is 38.1 Å². The number of aromatic nitrogens is 2. The summed E-state index contributed by atoms with van der Waals surface area (Å²) in [7, 11) is 0.817. The van der Waals surface area contributed by atoms with E-state index in [1.165, 1.54) is 17.7 Å². The Bertz CT molecular complexity index is 1200. The Labute approximate surface area is 222 Å². The third-order valence-electron chi connectivity index (χ3n) is 7.79. The molecule has 0 atom stereocenters. The smallest absolute Gasteiger partial charge is 0.329 e. The van der Waals surface area contributed by atoms with Crippen molar-refractivity contribution >= 4 is 26.5 Å². The van der Waals surface area contributed by atoms with Crippen molar-refractivity contribution in [2.24, 2.45) is 11.8 Å². The van der Waals surface area contributed by atoms with E-state index in [4.69, 9.17) is 0 Å². The van der Waals surface area contributed by atoms with E-state index in [9.17, 15) is 14.0 Å². The number of likely N-dealkylation sites (tertiary alicyclic amines) is 2. The first-order valence-corrected chi connectivity index (χ1v) is 15.3. The van der Waals surface area contributed by atoms with Crippen molar-refractivity contribution in [2.45, 2.75) is 65.6 Å². The molecule has 0 aliphatic carbocycles. The largest absolute Gasteiger partial charge is 0.342 e. The van der Waals surface area contributed by atoms with Gasteiger partial charge < -0.3 is 4.90 Å². The molecule has 1 aromatic heterocycles. The molecule has 2 radical (unpaired) electrons. The minimum atomic E-state index is -0.326. The van der Waals surface area contributed by atoms with Gasteiger partial charge in [-0.25, -0.2) is 9.18 Å². The van der Waals surface area contributed by atoms with Crippen LogP contribution in [0.4, 0.5) is 4.39 Å². The van der Waals surface area contributed by atoms with E-state index in [0.29, 0.717) is 25.2 Å². The van der Waals surface area contributed by atoms with Crippen LogP contribution < -0.4 is 5.69 Å². The maximum absolute atomic E-state index is 14.0. The number of piperidine rings is 2. The summed E-state index contributed by atoms with van der Waals surface area (Å²) in [5, 5.41) is 0. The Hall–Kier alpha value is -2.45. The van der Waals surface area contributed by atoms with Gasteiger partial charge in [-0.3, -0.25) is 18.8 Å². The highest BCUT2D eigenvalue weighted by molar-refractivity contribution is 6.40. The van der Waals surface area contributed by atoms with Crippen LogP contribution in [0.15, 0.2) is 46.4 Å². The lowest BCUT2D eigenvalue weighted by atomic mass is 9.93. The van der Waals surface area contributed by atoms with Crippen LogP contribution in [0, 0.1) is 17.7 Å². The van der Waals surface area contributed by atoms with Crippen LogP contribution >= 0.6 is 0 Å². The highest BCUT2D eigenvalue weighted by Gasteiger charge is 2.32. The van der Waals surface area contributed by atoms with Gasteiger partial charge in [0.25, 0.3) is 0 Å². The normalized spacial score (nSPS) is 19.1. The number of fused-ring (bicyclic) bond motifs is 1. The zero-order valence-electron chi connectivity index (χ0n) is 22.8. The van der Waals surface area contributed by atoms with E-state index in [2.05, 4.69) is 50.1 Å². The minimum absolute atomic E-state index is 0.0239. The van der Waals surface area contributed by atoms with Crippen LogP contribution in [0.5, 0.6) is 0 Å². The molecule has 6 nitrogen and oxygen atoms in total. The minimum Gasteiger partial charge on any atom is -0.342 e. The summed E-state index contributed by atoms with van der Waals surface area (Å²) in [6.45, 7) is 13.1. The number of carbonyl (C=O) groups is 1. The molecule has 4 rings (SSSR count). The Morgan fingerprint density at radius 1 is 1.11 bits per heavy atom. The molecule has 0 unspecified atom stereocenters. The Balaban J connectivity index is 1.37. The molecule has 0 bridgehead atoms. The molecular weight excluding hydrogens is 483 g/mol. The average molecular weight is 525 g/mol. The molecule has 0 saturated carbocycles. The number of halogens is 1. The molecule has 200 valence electrons. The van der Waals surface area contributed by atoms with E-state index < -0.39 is 0 Å². The van der Waals surface area contributed by atoms with Crippen molar-refractivity contribution in [1.82, 2.24) is 18.9 Å². The molecule has 37 heavy (non-hydrogen) atoms. The molecule has 2 aliphatic rings. The highest BCUT2D eigenvalue weighted by atomic mass is 28.2. The van der Waals surface area contributed by atoms with Gasteiger partial charge in [-0.1, -0.05) is 38.2 Å². The molecule has 1 amide bonds. The summed E-state index contributed by atoms with van der Waals surface area (Å²) in [5.41, 5.74) is 4.95. The van der Waals surface area contributed by atoms with Crippen LogP contribution in [-0.2, 0) is 11.3 Å². The molecule has 2 saturated heterocycles. The second-order valence-corrected chi connectivity index (χ2v) is 11.8. The van der Waals surface area contributed by atoms with Crippen molar-refractivity contribution in [2.75, 3.05) is 32.7 Å². The number of hydrogen-bond donors (Lipinski definition) is 0. The predicted octanol–water partition coefficient (Wildman–Crippen LogP) is 4.69. The first-order chi connectivity index (χ1) is 17.8. The number of imidazole rings is 1. The average Bonchev–Trinajstić information content (AvgIpc) is 3.16. The molecule has 1 aromatic carbocycles. The molecule has 0 spiro atoms. The molecule has 0 N–H and O–H groups in total. The van der Waals surface area contributed by atoms with Crippen molar-refractivity contribution in [3.63, 3.8) is 0 Å². The summed E-state index contributed by atoms with van der Waals surface area (Å²) in [5.74, 6) is 0.318. The zero-order valence-corrected chi connectivity index (χ0v) is 23.8. The predicted molar refractivity (Wildman–Crippen MR) is 150 cm³/mol. The molecule has 8 heteroatoms. The first kappa shape index (κ1) is 27.6. The fourth-order valence-electron chi connectivity index (χ4n) is 5.78. The van der Waals surface area contributed by atoms with Crippen LogP contribution in [0.25, 0.3) is 11.0 Å². The number of rotatable bonds is 8. The maximum atomic E-state index is 14.0. The second-order valence-electron chi connectivity index (χ2n) is 10.9. The lowest BCUT2D eigenvalue weighted by Gasteiger charge is -2.37. The molecule has 2 fully saturated rings. The standard InChI is InChI=1S/C29H41FN4O2Si/c1-5-22(12-17-37-4)20-31-13-8-23(9-14-31)28(35)32-15-10-25(11-16-32)34-26-7-6-24(30)18-27(26)33(29(34)36)19-21(2)3/h5-7,12,17-18,21,23,25H,8-11,13-16,19-20H2,1-4H3/b17-12-,22-5+. The fourth-order valence-corrected chi connectivity index (χ4v) is 6.16. The Kier molecular flexibility index (Phi) is 9.24. The molecule has 3 heterocycles. The number of benzene rings is 1. The molecular formula is C29H41FN4O2Si. The summed E-state index contributed by atoms with van der Waals surface area (Å²) in [6, 6.07) is 4.66. The third-order valence-corrected chi connectivity index (χ3v) is 8.29. The number of allylic oxidation sites excluding steroid dienone is 1. The number of nitrogens with zero attached hydrogens (tertiary/aromatic N) is 4. The topological polar surface area (TPSA) is 50.5 Å². The summed E-state index contributed by atoms with van der Waals surface area (Å²) in [6.07, 6.45) is 7.71. The van der Waals surface area contributed by atoms with E-state index >= 15 is 0 Å². The van der Waals surface area contributed by atoms with Crippen LogP contribution in [0.2, 0.25) is 6.55 Å². The quantitative estimate of drug-likeness (QED) is 0.372. The Morgan fingerprint density at radius 2 is 1.81 bits per heavy atom. The third kappa shape index (κ3) is 6.34. The van der Waals surface area contributed by atoms with Crippen LogP contribution in [-0.4, -0.2) is 67.1 Å². The van der Waals surface area contributed by atoms with Gasteiger partial charge in [0.1, 0.15) is 5.82 Å². The van der Waals surface area contributed by atoms with Crippen molar-refractivity contribution in [3.05, 3.63) is 57.9 Å². The number of amides is 1. The number of hydrogen-bond acceptors (Lipinski definition) is 3. The van der Waals surface area contributed by atoms with Gasteiger partial charge in [-0.15, -0.1) is 0 Å². The van der Waals surface area contributed by atoms with Gasteiger partial charge in [0.2, 0.25) is 5.91 Å². The van der Waals surface area contributed by atoms with Crippen LogP contribution in [0.1, 0.15) is 52.5 Å². The van der Waals surface area contributed by atoms with E-state index in [0.717, 1.165) is 60.4 Å². The van der Waals surface area contributed by atoms with Crippen molar-refractivity contribution in [1.29, 1.82) is 0 Å². The summed E-state index contributed by atoms with van der Waals surface area (Å²) >= 11 is 0. The van der Waals surface area contributed by atoms with Gasteiger partial charge >= 0.3 is 5.69 Å². The zero-order chi connectivity index (χ0) is 26.5. The van der Waals surface area contributed by atoms with E-state index in [1.807, 2.05) is 9.47 Å². The van der Waals surface area contributed by atoms with Gasteiger partial charge in [0.05, 0.1) is 20.6 Å². The van der Waals surface area contributed by atoms with Crippen molar-refractivity contribution in [3.8, 4) is 0 Å². The Morgan fingerprint density at radius 3 is 2.43 bits per heavy atom. The second kappa shape index (κ2) is 12.4. The lowest BCUT2D eigenvalue weighted by Crippen LogP contribution is -2.46. The lowest BCUT2D eigenvalue weighted by molar-refractivity contribution is -0.138. The fraction of sp³-hybridized carbons (Fsp3) is 0.586. The van der Waals surface area contributed by atoms with E-state index in [-0.39, 0.29) is 35.3 Å². The molecule has 2 aromatic rings. The summed E-state index contributed by atoms with van der Waals surface area (Å²) < 4.78 is 17.6. The molecule has 2 aliphatic heterocycles. The van der Waals surface area contributed by atoms with Gasteiger partial charge in [-0.2, -0.15) is 0 Å². The van der Waals surface area contributed by atoms with Crippen LogP contribution in [0.3, 0.4) is 0 Å². The van der Waals surface area contributed by atoms with Gasteiger partial charge in [-0.05, 0) is 75.4 Å². The summed E-state index contributed by atoms with van der Waals surface area (Å²) in [4.78, 5) is 31.2. The monoisotopic (exact) mass is 524 g/mol. The highest BCUT2D eigenvalue weighted by Crippen LogP contribution is 2.29. The van der Waals surface area contributed by atoms with E-state index in [1.54, 1.807) is 10.6 Å². The number of carbonyl (C=O) groups excluding carboxylic acids is 1. The maximum Gasteiger partial charge on any atom is 0.329 e.